The predicted molar refractivity (Wildman–Crippen MR) is 222 cm³/mol. The summed E-state index contributed by atoms with van der Waals surface area (Å²) in [5.41, 5.74) is 9.27. The molecule has 0 unspecified atom stereocenters. The lowest BCUT2D eigenvalue weighted by atomic mass is 9.63. The second kappa shape index (κ2) is 13.6. The van der Waals surface area contributed by atoms with E-state index in [2.05, 4.69) is 140 Å². The van der Waals surface area contributed by atoms with Crippen molar-refractivity contribution < 1.29 is 4.74 Å². The first-order valence-electron chi connectivity index (χ1n) is 18.6. The summed E-state index contributed by atoms with van der Waals surface area (Å²) in [7, 11) is 0. The number of benzene rings is 8. The van der Waals surface area contributed by atoms with Crippen molar-refractivity contribution in [3.05, 3.63) is 222 Å². The lowest BCUT2D eigenvalue weighted by molar-refractivity contribution is 0.435. The van der Waals surface area contributed by atoms with E-state index in [1.807, 2.05) is 48.5 Å². The first-order chi connectivity index (χ1) is 27.7. The molecule has 262 valence electrons. The largest absolute Gasteiger partial charge is 0.457 e. The summed E-state index contributed by atoms with van der Waals surface area (Å²) in [5.74, 6) is 3.35. The molecule has 10 rings (SSSR count). The van der Waals surface area contributed by atoms with Gasteiger partial charge in [0.1, 0.15) is 11.5 Å². The van der Waals surface area contributed by atoms with Crippen LogP contribution in [0.15, 0.2) is 194 Å². The van der Waals surface area contributed by atoms with Gasteiger partial charge in [-0.25, -0.2) is 15.0 Å². The van der Waals surface area contributed by atoms with E-state index in [-0.39, 0.29) is 0 Å². The molecule has 0 saturated heterocycles. The van der Waals surface area contributed by atoms with E-state index in [1.165, 1.54) is 11.1 Å². The van der Waals surface area contributed by atoms with Crippen LogP contribution in [0.25, 0.3) is 56.1 Å². The summed E-state index contributed by atoms with van der Waals surface area (Å²) in [4.78, 5) is 15.0. The van der Waals surface area contributed by atoms with E-state index in [9.17, 15) is 5.26 Å². The fourth-order valence-electron chi connectivity index (χ4n) is 8.16. The molecular weight excluding hydrogens is 685 g/mol. The molecule has 1 aromatic heterocycles. The summed E-state index contributed by atoms with van der Waals surface area (Å²) in [6.45, 7) is 0. The SMILES string of the molecule is N#Cc1ccc(-c2nc(-c3ccccc3)nc(-c3ccc(-c4ccc5c(c4)Oc4ccccc4C5(c4ccccc4)c4ccccc4)c4ccccc34)n2)cc1. The Labute approximate surface area is 324 Å². The van der Waals surface area contributed by atoms with Crippen LogP contribution in [-0.2, 0) is 5.41 Å². The summed E-state index contributed by atoms with van der Waals surface area (Å²) in [6, 6.07) is 68.7. The first kappa shape index (κ1) is 32.9. The Bertz CT molecular complexity index is 2900. The third kappa shape index (κ3) is 5.43. The smallest absolute Gasteiger partial charge is 0.164 e. The van der Waals surface area contributed by atoms with Crippen LogP contribution >= 0.6 is 0 Å². The zero-order valence-electron chi connectivity index (χ0n) is 30.2. The van der Waals surface area contributed by atoms with Crippen molar-refractivity contribution in [1.82, 2.24) is 15.0 Å². The summed E-state index contributed by atoms with van der Waals surface area (Å²) < 4.78 is 6.82. The van der Waals surface area contributed by atoms with Gasteiger partial charge in [-0.2, -0.15) is 5.26 Å². The molecule has 0 amide bonds. The lowest BCUT2D eigenvalue weighted by Gasteiger charge is -2.41. The van der Waals surface area contributed by atoms with Gasteiger partial charge in [0, 0.05) is 27.8 Å². The van der Waals surface area contributed by atoms with Gasteiger partial charge in [-0.3, -0.25) is 0 Å². The van der Waals surface area contributed by atoms with Crippen LogP contribution in [0.3, 0.4) is 0 Å². The molecule has 0 bridgehead atoms. The number of hydrogen-bond acceptors (Lipinski definition) is 5. The molecule has 1 aliphatic heterocycles. The van der Waals surface area contributed by atoms with Gasteiger partial charge in [-0.1, -0.05) is 152 Å². The Morgan fingerprint density at radius 1 is 0.411 bits per heavy atom. The van der Waals surface area contributed by atoms with Crippen LogP contribution in [-0.4, -0.2) is 15.0 Å². The maximum absolute atomic E-state index is 9.41. The van der Waals surface area contributed by atoms with Crippen molar-refractivity contribution >= 4 is 10.8 Å². The number of aromatic nitrogens is 3. The second-order valence-electron chi connectivity index (χ2n) is 13.9. The zero-order valence-corrected chi connectivity index (χ0v) is 30.2. The van der Waals surface area contributed by atoms with E-state index in [0.29, 0.717) is 23.0 Å². The maximum Gasteiger partial charge on any atom is 0.164 e. The number of para-hydroxylation sites is 1. The molecule has 5 heteroatoms. The summed E-state index contributed by atoms with van der Waals surface area (Å²) in [5, 5.41) is 11.5. The van der Waals surface area contributed by atoms with Crippen LogP contribution in [0, 0.1) is 11.3 Å². The van der Waals surface area contributed by atoms with Crippen LogP contribution in [0.5, 0.6) is 11.5 Å². The molecule has 0 radical (unpaired) electrons. The first-order valence-corrected chi connectivity index (χ1v) is 18.6. The Balaban J connectivity index is 1.15. The molecule has 8 aromatic carbocycles. The molecule has 0 spiro atoms. The van der Waals surface area contributed by atoms with Crippen molar-refractivity contribution in [2.75, 3.05) is 0 Å². The van der Waals surface area contributed by atoms with Crippen LogP contribution < -0.4 is 4.74 Å². The molecule has 5 nitrogen and oxygen atoms in total. The quantitative estimate of drug-likeness (QED) is 0.171. The van der Waals surface area contributed by atoms with E-state index in [4.69, 9.17) is 19.7 Å². The highest BCUT2D eigenvalue weighted by atomic mass is 16.5. The average Bonchev–Trinajstić information content (AvgIpc) is 3.28. The Morgan fingerprint density at radius 3 is 1.57 bits per heavy atom. The van der Waals surface area contributed by atoms with Gasteiger partial charge in [0.05, 0.1) is 17.0 Å². The highest BCUT2D eigenvalue weighted by Crippen LogP contribution is 2.56. The second-order valence-corrected chi connectivity index (χ2v) is 13.9. The monoisotopic (exact) mass is 716 g/mol. The normalized spacial score (nSPS) is 12.6. The standard InChI is InChI=1S/C51H32N4O/c52-33-34-24-26-36(27-25-34)49-53-48(35-14-4-1-5-15-35)54-50(55-49)43-30-29-40(41-20-10-11-21-42(41)43)37-28-31-45-47(32-37)56-46-23-13-12-22-44(46)51(45,38-16-6-2-7-17-38)39-18-8-3-9-19-39/h1-32H. The molecule has 0 aliphatic carbocycles. The number of nitrogens with zero attached hydrogens (tertiary/aromatic N) is 4. The minimum Gasteiger partial charge on any atom is -0.457 e. The van der Waals surface area contributed by atoms with Crippen molar-refractivity contribution in [1.29, 1.82) is 5.26 Å². The summed E-state index contributed by atoms with van der Waals surface area (Å²) >= 11 is 0. The highest BCUT2D eigenvalue weighted by molar-refractivity contribution is 6.04. The summed E-state index contributed by atoms with van der Waals surface area (Å²) in [6.07, 6.45) is 0. The van der Waals surface area contributed by atoms with Crippen LogP contribution in [0.1, 0.15) is 27.8 Å². The average molecular weight is 717 g/mol. The van der Waals surface area contributed by atoms with Gasteiger partial charge in [-0.05, 0) is 75.5 Å². The number of fused-ring (bicyclic) bond motifs is 3. The van der Waals surface area contributed by atoms with Crippen molar-refractivity contribution in [2.24, 2.45) is 0 Å². The lowest BCUT2D eigenvalue weighted by Crippen LogP contribution is -2.34. The van der Waals surface area contributed by atoms with Crippen LogP contribution in [0.4, 0.5) is 0 Å². The molecule has 56 heavy (non-hydrogen) atoms. The van der Waals surface area contributed by atoms with Crippen molar-refractivity contribution in [3.8, 4) is 62.9 Å². The minimum absolute atomic E-state index is 0.541. The van der Waals surface area contributed by atoms with E-state index in [1.54, 1.807) is 12.1 Å². The van der Waals surface area contributed by atoms with Crippen molar-refractivity contribution in [2.45, 2.75) is 5.41 Å². The van der Waals surface area contributed by atoms with Gasteiger partial charge in [-0.15, -0.1) is 0 Å². The predicted octanol–water partition coefficient (Wildman–Crippen LogP) is 12.1. The third-order valence-corrected chi connectivity index (χ3v) is 10.7. The Morgan fingerprint density at radius 2 is 0.911 bits per heavy atom. The van der Waals surface area contributed by atoms with Gasteiger partial charge >= 0.3 is 0 Å². The highest BCUT2D eigenvalue weighted by Gasteiger charge is 2.45. The van der Waals surface area contributed by atoms with E-state index >= 15 is 0 Å². The minimum atomic E-state index is -0.584. The molecule has 9 aromatic rings. The molecule has 2 heterocycles. The molecule has 0 atom stereocenters. The third-order valence-electron chi connectivity index (χ3n) is 10.7. The van der Waals surface area contributed by atoms with E-state index < -0.39 is 5.41 Å². The fraction of sp³-hybridized carbons (Fsp3) is 0.0196. The van der Waals surface area contributed by atoms with Crippen LogP contribution in [0.2, 0.25) is 0 Å². The number of ether oxygens (including phenoxy) is 1. The van der Waals surface area contributed by atoms with Gasteiger partial charge < -0.3 is 4.74 Å². The topological polar surface area (TPSA) is 71.7 Å². The Hall–Kier alpha value is -7.68. The van der Waals surface area contributed by atoms with E-state index in [0.717, 1.165) is 61.2 Å². The van der Waals surface area contributed by atoms with Gasteiger partial charge in [0.2, 0.25) is 0 Å². The molecule has 1 aliphatic rings. The Kier molecular flexibility index (Phi) is 8.01. The number of nitriles is 1. The number of rotatable bonds is 6. The molecule has 0 N–H and O–H groups in total. The van der Waals surface area contributed by atoms with Gasteiger partial charge in [0.25, 0.3) is 0 Å². The maximum atomic E-state index is 9.41. The number of hydrogen-bond donors (Lipinski definition) is 0. The van der Waals surface area contributed by atoms with Gasteiger partial charge in [0.15, 0.2) is 17.5 Å². The molecular formula is C51H32N4O. The fourth-order valence-corrected chi connectivity index (χ4v) is 8.16. The van der Waals surface area contributed by atoms with Crippen molar-refractivity contribution in [3.63, 3.8) is 0 Å². The molecule has 0 fully saturated rings. The zero-order chi connectivity index (χ0) is 37.5. The molecule has 0 saturated carbocycles.